The predicted molar refractivity (Wildman–Crippen MR) is 139 cm³/mol. The van der Waals surface area contributed by atoms with Crippen molar-refractivity contribution < 1.29 is 13.5 Å². The third-order valence-corrected chi connectivity index (χ3v) is 7.37. The minimum atomic E-state index is -3.70. The first-order valence-corrected chi connectivity index (χ1v) is 12.9. The molecule has 0 aliphatic carbocycles. The molecule has 0 saturated heterocycles. The summed E-state index contributed by atoms with van der Waals surface area (Å²) < 4.78 is 29.9. The molecule has 0 aliphatic rings. The number of nitrogen functional groups attached to an aromatic ring is 1. The fraction of sp³-hybridized carbons (Fsp3) is 0.269. The van der Waals surface area contributed by atoms with E-state index in [-0.39, 0.29) is 10.4 Å². The molecule has 35 heavy (non-hydrogen) atoms. The Morgan fingerprint density at radius 3 is 2.60 bits per heavy atom. The van der Waals surface area contributed by atoms with E-state index in [1.807, 2.05) is 24.5 Å². The highest BCUT2D eigenvalue weighted by atomic mass is 32.2. The maximum absolute atomic E-state index is 12.6. The number of aliphatic hydroxyl groups is 1. The Hall–Kier alpha value is -3.40. The minimum Gasteiger partial charge on any atom is -0.399 e. The highest BCUT2D eigenvalue weighted by Gasteiger charge is 2.20. The summed E-state index contributed by atoms with van der Waals surface area (Å²) >= 11 is 0. The van der Waals surface area contributed by atoms with Crippen LogP contribution < -0.4 is 15.8 Å². The number of imidazole rings is 1. The van der Waals surface area contributed by atoms with Crippen LogP contribution >= 0.6 is 0 Å². The van der Waals surface area contributed by atoms with Crippen molar-refractivity contribution in [1.29, 1.82) is 0 Å². The van der Waals surface area contributed by atoms with Gasteiger partial charge in [-0.15, -0.1) is 0 Å². The molecule has 0 bridgehead atoms. The van der Waals surface area contributed by atoms with Gasteiger partial charge in [-0.1, -0.05) is 30.3 Å². The molecule has 1 aromatic heterocycles. The number of hydrogen-bond donors (Lipinski definition) is 4. The van der Waals surface area contributed by atoms with Gasteiger partial charge in [-0.2, -0.15) is 0 Å². The van der Waals surface area contributed by atoms with Gasteiger partial charge in [-0.25, -0.2) is 13.4 Å². The molecule has 0 amide bonds. The Balaban J connectivity index is 1.35. The number of sulfonamides is 1. The summed E-state index contributed by atoms with van der Waals surface area (Å²) in [6.45, 7) is 5.25. The lowest BCUT2D eigenvalue weighted by Gasteiger charge is -2.28. The van der Waals surface area contributed by atoms with E-state index in [0.717, 1.165) is 24.0 Å². The van der Waals surface area contributed by atoms with Gasteiger partial charge in [0.25, 0.3) is 10.0 Å². The van der Waals surface area contributed by atoms with Crippen LogP contribution in [0, 0.1) is 0 Å². The number of fused-ring (bicyclic) bond motifs is 1. The molecule has 0 saturated carbocycles. The van der Waals surface area contributed by atoms with Crippen LogP contribution in [0.15, 0.2) is 84.0 Å². The molecule has 5 N–H and O–H groups in total. The van der Waals surface area contributed by atoms with E-state index < -0.39 is 16.1 Å². The summed E-state index contributed by atoms with van der Waals surface area (Å²) in [7, 11) is -3.70. The van der Waals surface area contributed by atoms with Gasteiger partial charge < -0.3 is 20.7 Å². The van der Waals surface area contributed by atoms with Gasteiger partial charge >= 0.3 is 0 Å². The second-order valence-corrected chi connectivity index (χ2v) is 10.9. The maximum atomic E-state index is 12.6. The molecule has 3 aromatic carbocycles. The predicted octanol–water partition coefficient (Wildman–Crippen LogP) is 3.91. The van der Waals surface area contributed by atoms with Gasteiger partial charge in [0, 0.05) is 30.0 Å². The van der Waals surface area contributed by atoms with Crippen LogP contribution in [-0.4, -0.2) is 35.2 Å². The molecule has 0 spiro atoms. The summed E-state index contributed by atoms with van der Waals surface area (Å²) in [5.74, 6) is 0. The normalized spacial score (nSPS) is 13.1. The van der Waals surface area contributed by atoms with Gasteiger partial charge in [0.2, 0.25) is 0 Å². The molecule has 4 aromatic rings. The lowest BCUT2D eigenvalue weighted by Crippen LogP contribution is -2.42. The van der Waals surface area contributed by atoms with E-state index in [4.69, 9.17) is 5.73 Å². The Kier molecular flexibility index (Phi) is 7.11. The number of β-amino-alcohol motifs (C(OH)–C–C–N with tert-alkyl or cyclic N) is 1. The van der Waals surface area contributed by atoms with Crippen LogP contribution in [0.2, 0.25) is 0 Å². The molecule has 1 atom stereocenters. The quantitative estimate of drug-likeness (QED) is 0.249. The van der Waals surface area contributed by atoms with Crippen LogP contribution in [0.3, 0.4) is 0 Å². The molecule has 0 unspecified atom stereocenters. The molecule has 8 nitrogen and oxygen atoms in total. The van der Waals surface area contributed by atoms with E-state index in [9.17, 15) is 13.5 Å². The Labute approximate surface area is 205 Å². The summed E-state index contributed by atoms with van der Waals surface area (Å²) in [4.78, 5) is 4.60. The summed E-state index contributed by atoms with van der Waals surface area (Å²) in [6, 6.07) is 20.7. The molecule has 0 fully saturated rings. The van der Waals surface area contributed by atoms with Gasteiger partial charge in [0.15, 0.2) is 0 Å². The van der Waals surface area contributed by atoms with Crippen LogP contribution in [0.5, 0.6) is 0 Å². The highest BCUT2D eigenvalue weighted by molar-refractivity contribution is 7.92. The summed E-state index contributed by atoms with van der Waals surface area (Å²) in [5.41, 5.74) is 9.21. The average Bonchev–Trinajstić information content (AvgIpc) is 3.24. The number of benzene rings is 3. The van der Waals surface area contributed by atoms with Gasteiger partial charge in [-0.05, 0) is 68.3 Å². The van der Waals surface area contributed by atoms with Crippen LogP contribution in [0.1, 0.15) is 31.9 Å². The fourth-order valence-corrected chi connectivity index (χ4v) is 4.93. The molecular weight excluding hydrogens is 462 g/mol. The Morgan fingerprint density at radius 2 is 1.83 bits per heavy atom. The van der Waals surface area contributed by atoms with Crippen molar-refractivity contribution in [3.8, 4) is 0 Å². The van der Waals surface area contributed by atoms with Crippen molar-refractivity contribution in [2.45, 2.75) is 43.4 Å². The molecule has 9 heteroatoms. The molecule has 0 aliphatic heterocycles. The third kappa shape index (κ3) is 6.19. The second kappa shape index (κ2) is 10.1. The van der Waals surface area contributed by atoms with Crippen LogP contribution in [0.25, 0.3) is 11.0 Å². The third-order valence-electron chi connectivity index (χ3n) is 5.97. The SMILES string of the molecule is CC(C)(CCn1cnc2cc(N)ccc21)NC[C@H](O)c1cccc(NS(=O)(=O)c2ccccc2)c1. The first-order chi connectivity index (χ1) is 16.6. The topological polar surface area (TPSA) is 122 Å². The van der Waals surface area contributed by atoms with Crippen molar-refractivity contribution in [3.05, 3.63) is 84.7 Å². The zero-order chi connectivity index (χ0) is 25.1. The number of aryl methyl sites for hydroxylation is 1. The first-order valence-electron chi connectivity index (χ1n) is 11.4. The number of aliphatic hydroxyl groups excluding tert-OH is 1. The number of nitrogens with two attached hydrogens (primary N) is 1. The first kappa shape index (κ1) is 24.7. The number of anilines is 2. The number of nitrogens with zero attached hydrogens (tertiary/aromatic N) is 2. The summed E-state index contributed by atoms with van der Waals surface area (Å²) in [5, 5.41) is 14.2. The number of rotatable bonds is 10. The van der Waals surface area contributed by atoms with E-state index in [0.29, 0.717) is 23.5 Å². The lowest BCUT2D eigenvalue weighted by molar-refractivity contribution is 0.158. The number of nitrogens with one attached hydrogen (secondary N) is 2. The number of aromatic nitrogens is 2. The smallest absolute Gasteiger partial charge is 0.261 e. The Morgan fingerprint density at radius 1 is 1.06 bits per heavy atom. The van der Waals surface area contributed by atoms with Gasteiger partial charge in [0.1, 0.15) is 0 Å². The summed E-state index contributed by atoms with van der Waals surface area (Å²) in [6.07, 6.45) is 1.83. The van der Waals surface area contributed by atoms with Crippen molar-refractivity contribution in [2.24, 2.45) is 0 Å². The maximum Gasteiger partial charge on any atom is 0.261 e. The minimum absolute atomic E-state index is 0.184. The van der Waals surface area contributed by atoms with Gasteiger partial charge in [0.05, 0.1) is 28.4 Å². The highest BCUT2D eigenvalue weighted by Crippen LogP contribution is 2.22. The van der Waals surface area contributed by atoms with Crippen molar-refractivity contribution in [2.75, 3.05) is 17.0 Å². The molecule has 184 valence electrons. The Bertz CT molecular complexity index is 1400. The van der Waals surface area contributed by atoms with Gasteiger partial charge in [-0.3, -0.25) is 4.72 Å². The molecule has 1 heterocycles. The standard InChI is InChI=1S/C26H31N5O3S/c1-26(2,13-14-31-18-28-23-16-20(27)11-12-24(23)31)29-17-25(32)19-7-6-8-21(15-19)30-35(33,34)22-9-4-3-5-10-22/h3-12,15-16,18,25,29-30,32H,13-14,17,27H2,1-2H3/t25-/m0/s1. The molecule has 4 rings (SSSR count). The monoisotopic (exact) mass is 493 g/mol. The van der Waals surface area contributed by atoms with Crippen molar-refractivity contribution in [1.82, 2.24) is 14.9 Å². The van der Waals surface area contributed by atoms with Crippen molar-refractivity contribution in [3.63, 3.8) is 0 Å². The number of hydrogen-bond acceptors (Lipinski definition) is 6. The molecular formula is C26H31N5O3S. The molecule has 0 radical (unpaired) electrons. The lowest BCUT2D eigenvalue weighted by atomic mass is 9.99. The van der Waals surface area contributed by atoms with E-state index >= 15 is 0 Å². The van der Waals surface area contributed by atoms with Crippen LogP contribution in [0.4, 0.5) is 11.4 Å². The largest absolute Gasteiger partial charge is 0.399 e. The zero-order valence-electron chi connectivity index (χ0n) is 19.8. The fourth-order valence-electron chi connectivity index (χ4n) is 3.86. The van der Waals surface area contributed by atoms with E-state index in [1.165, 1.54) is 12.1 Å². The van der Waals surface area contributed by atoms with E-state index in [1.54, 1.807) is 42.5 Å². The second-order valence-electron chi connectivity index (χ2n) is 9.26. The van der Waals surface area contributed by atoms with Crippen molar-refractivity contribution >= 4 is 32.4 Å². The van der Waals surface area contributed by atoms with Crippen LogP contribution in [-0.2, 0) is 16.6 Å². The zero-order valence-corrected chi connectivity index (χ0v) is 20.7. The van der Waals surface area contributed by atoms with E-state index in [2.05, 4.69) is 33.4 Å². The average molecular weight is 494 g/mol.